The van der Waals surface area contributed by atoms with Gasteiger partial charge in [0.2, 0.25) is 0 Å². The minimum absolute atomic E-state index is 0.547. The molecule has 4 rings (SSSR count). The van der Waals surface area contributed by atoms with Crippen molar-refractivity contribution in [1.82, 2.24) is 15.0 Å². The summed E-state index contributed by atoms with van der Waals surface area (Å²) in [5.41, 5.74) is 5.02. The van der Waals surface area contributed by atoms with Gasteiger partial charge < -0.3 is 9.72 Å². The molecule has 0 aliphatic heterocycles. The van der Waals surface area contributed by atoms with Crippen LogP contribution in [-0.2, 0) is 6.61 Å². The van der Waals surface area contributed by atoms with Crippen LogP contribution < -0.4 is 4.74 Å². The molecular weight excluding hydrogens is 298 g/mol. The number of aryl methyl sites for hydroxylation is 1. The number of hydrogen-bond acceptors (Lipinski definition) is 3. The van der Waals surface area contributed by atoms with Crippen LogP contribution in [0.15, 0.2) is 66.9 Å². The van der Waals surface area contributed by atoms with Crippen LogP contribution in [0.3, 0.4) is 0 Å². The van der Waals surface area contributed by atoms with Crippen LogP contribution in [0.4, 0.5) is 0 Å². The number of aromatic nitrogens is 3. The molecule has 0 spiro atoms. The number of imidazole rings is 1. The smallest absolute Gasteiger partial charge is 0.157 e. The van der Waals surface area contributed by atoms with E-state index in [0.717, 1.165) is 39.4 Å². The molecular formula is C20H17N3O. The fourth-order valence-corrected chi connectivity index (χ4v) is 2.61. The Morgan fingerprint density at radius 2 is 1.75 bits per heavy atom. The van der Waals surface area contributed by atoms with Gasteiger partial charge >= 0.3 is 0 Å². The molecule has 118 valence electrons. The molecule has 0 atom stereocenters. The van der Waals surface area contributed by atoms with E-state index in [2.05, 4.69) is 39.2 Å². The number of hydrogen-bond donors (Lipinski definition) is 1. The number of nitrogens with one attached hydrogen (secondary N) is 1. The zero-order valence-corrected chi connectivity index (χ0v) is 13.4. The lowest BCUT2D eigenvalue weighted by atomic mass is 10.1. The van der Waals surface area contributed by atoms with E-state index in [1.807, 2.05) is 43.3 Å². The van der Waals surface area contributed by atoms with Crippen molar-refractivity contribution >= 4 is 11.2 Å². The van der Waals surface area contributed by atoms with Gasteiger partial charge in [0.1, 0.15) is 23.7 Å². The Bertz CT molecular complexity index is 959. The number of nitrogens with zero attached hydrogens (tertiary/aromatic N) is 2. The van der Waals surface area contributed by atoms with Crippen molar-refractivity contribution in [2.24, 2.45) is 0 Å². The largest absolute Gasteiger partial charge is 0.489 e. The molecule has 4 aromatic rings. The first-order valence-electron chi connectivity index (χ1n) is 7.88. The Morgan fingerprint density at radius 1 is 0.958 bits per heavy atom. The second-order valence-electron chi connectivity index (χ2n) is 5.71. The quantitative estimate of drug-likeness (QED) is 0.602. The number of fused-ring (bicyclic) bond motifs is 1. The molecule has 4 heteroatoms. The molecule has 1 N–H and O–H groups in total. The molecule has 0 saturated heterocycles. The van der Waals surface area contributed by atoms with E-state index in [0.29, 0.717) is 6.61 Å². The summed E-state index contributed by atoms with van der Waals surface area (Å²) in [6.45, 7) is 2.59. The van der Waals surface area contributed by atoms with E-state index in [9.17, 15) is 0 Å². The molecule has 0 radical (unpaired) electrons. The second-order valence-corrected chi connectivity index (χ2v) is 5.71. The average Bonchev–Trinajstić information content (AvgIpc) is 3.07. The summed E-state index contributed by atoms with van der Waals surface area (Å²) in [6.07, 6.45) is 1.80. The van der Waals surface area contributed by atoms with Gasteiger partial charge in [-0.3, -0.25) is 0 Å². The first-order valence-corrected chi connectivity index (χ1v) is 7.88. The third-order valence-electron chi connectivity index (χ3n) is 3.96. The molecule has 0 aliphatic carbocycles. The van der Waals surface area contributed by atoms with Crippen molar-refractivity contribution in [3.63, 3.8) is 0 Å². The Balaban J connectivity index is 1.53. The fourth-order valence-electron chi connectivity index (χ4n) is 2.61. The minimum Gasteiger partial charge on any atom is -0.489 e. The van der Waals surface area contributed by atoms with Gasteiger partial charge in [0.05, 0.1) is 0 Å². The number of para-hydroxylation sites is 1. The minimum atomic E-state index is 0.547. The Labute approximate surface area is 140 Å². The number of H-pyrrole nitrogens is 1. The lowest BCUT2D eigenvalue weighted by Crippen LogP contribution is -1.95. The van der Waals surface area contributed by atoms with Crippen molar-refractivity contribution in [3.8, 4) is 17.1 Å². The zero-order chi connectivity index (χ0) is 16.4. The van der Waals surface area contributed by atoms with Gasteiger partial charge in [-0.2, -0.15) is 0 Å². The van der Waals surface area contributed by atoms with Crippen molar-refractivity contribution in [1.29, 1.82) is 0 Å². The SMILES string of the molecule is Cc1ccnc2[nH]c(-c3ccc(COc4ccccc4)cc3)nc12. The molecule has 2 aromatic carbocycles. The highest BCUT2D eigenvalue weighted by Gasteiger charge is 2.08. The predicted molar refractivity (Wildman–Crippen MR) is 94.8 cm³/mol. The highest BCUT2D eigenvalue weighted by Crippen LogP contribution is 2.22. The summed E-state index contributed by atoms with van der Waals surface area (Å²) >= 11 is 0. The third-order valence-corrected chi connectivity index (χ3v) is 3.96. The summed E-state index contributed by atoms with van der Waals surface area (Å²) in [5, 5.41) is 0. The van der Waals surface area contributed by atoms with E-state index in [1.54, 1.807) is 6.20 Å². The molecule has 2 aromatic heterocycles. The maximum absolute atomic E-state index is 5.77. The molecule has 0 aliphatic rings. The molecule has 24 heavy (non-hydrogen) atoms. The monoisotopic (exact) mass is 315 g/mol. The van der Waals surface area contributed by atoms with Crippen LogP contribution in [0, 0.1) is 6.92 Å². The van der Waals surface area contributed by atoms with Crippen molar-refractivity contribution in [2.75, 3.05) is 0 Å². The van der Waals surface area contributed by atoms with E-state index >= 15 is 0 Å². The van der Waals surface area contributed by atoms with Crippen LogP contribution in [0.25, 0.3) is 22.6 Å². The van der Waals surface area contributed by atoms with Crippen molar-refractivity contribution in [3.05, 3.63) is 78.0 Å². The van der Waals surface area contributed by atoms with Gasteiger partial charge in [-0.15, -0.1) is 0 Å². The zero-order valence-electron chi connectivity index (χ0n) is 13.4. The maximum atomic E-state index is 5.77. The van der Waals surface area contributed by atoms with Crippen LogP contribution in [0.5, 0.6) is 5.75 Å². The molecule has 0 bridgehead atoms. The number of benzene rings is 2. The van der Waals surface area contributed by atoms with Gasteiger partial charge in [-0.05, 0) is 36.2 Å². The fraction of sp³-hybridized carbons (Fsp3) is 0.100. The normalized spacial score (nSPS) is 10.9. The van der Waals surface area contributed by atoms with Crippen LogP contribution in [-0.4, -0.2) is 15.0 Å². The first kappa shape index (κ1) is 14.5. The summed E-state index contributed by atoms with van der Waals surface area (Å²) in [6, 6.07) is 20.0. The Kier molecular flexibility index (Phi) is 3.71. The molecule has 4 nitrogen and oxygen atoms in total. The molecule has 0 saturated carbocycles. The molecule has 0 amide bonds. The van der Waals surface area contributed by atoms with Crippen LogP contribution in [0.1, 0.15) is 11.1 Å². The van der Waals surface area contributed by atoms with Gasteiger partial charge in [-0.25, -0.2) is 9.97 Å². The lowest BCUT2D eigenvalue weighted by molar-refractivity contribution is 0.306. The average molecular weight is 315 g/mol. The van der Waals surface area contributed by atoms with E-state index in [4.69, 9.17) is 4.74 Å². The standard InChI is InChI=1S/C20H17N3O/c1-14-11-12-21-20-18(14)22-19(23-20)16-9-7-15(8-10-16)13-24-17-5-3-2-4-6-17/h2-12H,13H2,1H3,(H,21,22,23). The van der Waals surface area contributed by atoms with Gasteiger partial charge in [0.15, 0.2) is 5.65 Å². The van der Waals surface area contributed by atoms with E-state index < -0.39 is 0 Å². The number of pyridine rings is 1. The van der Waals surface area contributed by atoms with Gasteiger partial charge in [0, 0.05) is 11.8 Å². The third kappa shape index (κ3) is 2.86. The number of ether oxygens (including phenoxy) is 1. The summed E-state index contributed by atoms with van der Waals surface area (Å²) in [7, 11) is 0. The highest BCUT2D eigenvalue weighted by molar-refractivity contribution is 5.78. The van der Waals surface area contributed by atoms with Gasteiger partial charge in [-0.1, -0.05) is 42.5 Å². The van der Waals surface area contributed by atoms with E-state index in [-0.39, 0.29) is 0 Å². The van der Waals surface area contributed by atoms with Gasteiger partial charge in [0.25, 0.3) is 0 Å². The Morgan fingerprint density at radius 3 is 2.50 bits per heavy atom. The van der Waals surface area contributed by atoms with Crippen molar-refractivity contribution < 1.29 is 4.74 Å². The molecule has 0 fully saturated rings. The van der Waals surface area contributed by atoms with Crippen LogP contribution >= 0.6 is 0 Å². The maximum Gasteiger partial charge on any atom is 0.157 e. The highest BCUT2D eigenvalue weighted by atomic mass is 16.5. The predicted octanol–water partition coefficient (Wildman–Crippen LogP) is 4.51. The number of rotatable bonds is 4. The van der Waals surface area contributed by atoms with Crippen molar-refractivity contribution in [2.45, 2.75) is 13.5 Å². The Hall–Kier alpha value is -3.14. The van der Waals surface area contributed by atoms with E-state index in [1.165, 1.54) is 0 Å². The summed E-state index contributed by atoms with van der Waals surface area (Å²) in [5.74, 6) is 1.71. The summed E-state index contributed by atoms with van der Waals surface area (Å²) in [4.78, 5) is 12.3. The molecule has 2 heterocycles. The number of aromatic amines is 1. The lowest BCUT2D eigenvalue weighted by Gasteiger charge is -2.06. The first-order chi connectivity index (χ1) is 11.8. The second kappa shape index (κ2) is 6.16. The molecule has 0 unspecified atom stereocenters. The summed E-state index contributed by atoms with van der Waals surface area (Å²) < 4.78 is 5.77. The van der Waals surface area contributed by atoms with Crippen LogP contribution in [0.2, 0.25) is 0 Å². The topological polar surface area (TPSA) is 50.8 Å².